The van der Waals surface area contributed by atoms with Crippen molar-refractivity contribution in [3.63, 3.8) is 0 Å². The summed E-state index contributed by atoms with van der Waals surface area (Å²) in [5.41, 5.74) is 2.82. The van der Waals surface area contributed by atoms with Gasteiger partial charge in [-0.2, -0.15) is 5.10 Å². The maximum Gasteiger partial charge on any atom is 0.251 e. The van der Waals surface area contributed by atoms with Crippen LogP contribution in [-0.2, 0) is 6.54 Å². The number of nitrogens with one attached hydrogen (secondary N) is 1. The van der Waals surface area contributed by atoms with Crippen LogP contribution in [0.4, 0.5) is 0 Å². The van der Waals surface area contributed by atoms with Crippen LogP contribution in [0, 0.1) is 0 Å². The van der Waals surface area contributed by atoms with E-state index in [1.54, 1.807) is 11.0 Å². The Morgan fingerprint density at radius 2 is 1.88 bits per heavy atom. The third-order valence-electron chi connectivity index (χ3n) is 4.01. The van der Waals surface area contributed by atoms with Crippen LogP contribution < -0.4 is 5.32 Å². The van der Waals surface area contributed by atoms with E-state index in [4.69, 9.17) is 0 Å². The van der Waals surface area contributed by atoms with Crippen LogP contribution in [0.2, 0.25) is 0 Å². The molecular weight excluding hydrogens is 380 g/mol. The summed E-state index contributed by atoms with van der Waals surface area (Å²) in [4.78, 5) is 16.5. The molecule has 0 saturated heterocycles. The third-order valence-corrected chi connectivity index (χ3v) is 4.54. The molecule has 6 heteroatoms. The van der Waals surface area contributed by atoms with Gasteiger partial charge in [-0.25, -0.2) is 9.67 Å². The van der Waals surface area contributed by atoms with Gasteiger partial charge >= 0.3 is 0 Å². The molecule has 0 spiro atoms. The third kappa shape index (κ3) is 4.54. The maximum atomic E-state index is 12.5. The summed E-state index contributed by atoms with van der Waals surface area (Å²) in [6.07, 6.45) is 4.01. The summed E-state index contributed by atoms with van der Waals surface area (Å²) >= 11 is 3.43. The van der Waals surface area contributed by atoms with Gasteiger partial charge in [0.2, 0.25) is 0 Å². The number of halogens is 1. The second-order valence-corrected chi connectivity index (χ2v) is 6.69. The molecule has 0 saturated carbocycles. The van der Waals surface area contributed by atoms with Gasteiger partial charge in [0.15, 0.2) is 0 Å². The number of rotatable bonds is 6. The molecule has 0 aliphatic heterocycles. The van der Waals surface area contributed by atoms with Crippen molar-refractivity contribution in [3.05, 3.63) is 82.3 Å². The second-order valence-electron chi connectivity index (χ2n) is 5.78. The zero-order valence-electron chi connectivity index (χ0n) is 13.9. The Morgan fingerprint density at radius 3 is 2.48 bits per heavy atom. The highest BCUT2D eigenvalue weighted by Crippen LogP contribution is 2.20. The van der Waals surface area contributed by atoms with E-state index in [0.29, 0.717) is 12.1 Å². The molecule has 3 aromatic rings. The summed E-state index contributed by atoms with van der Waals surface area (Å²) in [5.74, 6) is -0.0675. The van der Waals surface area contributed by atoms with Gasteiger partial charge in [0.1, 0.15) is 12.7 Å². The Morgan fingerprint density at radius 1 is 1.16 bits per heavy atom. The molecule has 0 aliphatic rings. The Balaban J connectivity index is 1.66. The summed E-state index contributed by atoms with van der Waals surface area (Å²) in [7, 11) is 0. The molecule has 3 rings (SSSR count). The van der Waals surface area contributed by atoms with Crippen LogP contribution in [-0.4, -0.2) is 20.7 Å². The lowest BCUT2D eigenvalue weighted by atomic mass is 10.0. The second kappa shape index (κ2) is 8.07. The Kier molecular flexibility index (Phi) is 5.60. The molecule has 0 bridgehead atoms. The van der Waals surface area contributed by atoms with Gasteiger partial charge in [-0.05, 0) is 41.8 Å². The highest BCUT2D eigenvalue weighted by atomic mass is 79.9. The number of amides is 1. The minimum atomic E-state index is -0.0675. The zero-order valence-corrected chi connectivity index (χ0v) is 15.5. The Hall–Kier alpha value is -2.47. The van der Waals surface area contributed by atoms with E-state index >= 15 is 0 Å². The van der Waals surface area contributed by atoms with Crippen molar-refractivity contribution in [1.82, 2.24) is 20.1 Å². The van der Waals surface area contributed by atoms with Crippen molar-refractivity contribution in [1.29, 1.82) is 0 Å². The summed E-state index contributed by atoms with van der Waals surface area (Å²) < 4.78 is 2.77. The molecule has 1 N–H and O–H groups in total. The van der Waals surface area contributed by atoms with Crippen molar-refractivity contribution in [2.75, 3.05) is 0 Å². The molecule has 1 amide bonds. The molecule has 25 heavy (non-hydrogen) atoms. The van der Waals surface area contributed by atoms with Crippen LogP contribution in [0.1, 0.15) is 40.9 Å². The van der Waals surface area contributed by atoms with Gasteiger partial charge in [0.05, 0.1) is 12.6 Å². The predicted molar refractivity (Wildman–Crippen MR) is 100 cm³/mol. The fraction of sp³-hybridized carbons (Fsp3) is 0.211. The molecule has 1 unspecified atom stereocenters. The van der Waals surface area contributed by atoms with E-state index < -0.39 is 0 Å². The summed E-state index contributed by atoms with van der Waals surface area (Å²) in [5, 5.41) is 7.18. The molecule has 0 radical (unpaired) electrons. The largest absolute Gasteiger partial charge is 0.345 e. The molecule has 128 valence electrons. The van der Waals surface area contributed by atoms with Gasteiger partial charge < -0.3 is 5.32 Å². The monoisotopic (exact) mass is 398 g/mol. The maximum absolute atomic E-state index is 12.5. The normalized spacial score (nSPS) is 11.9. The average Bonchev–Trinajstić information content (AvgIpc) is 3.14. The number of hydrogen-bond donors (Lipinski definition) is 1. The molecule has 0 aliphatic carbocycles. The zero-order chi connectivity index (χ0) is 17.6. The number of nitrogens with zero attached hydrogens (tertiary/aromatic N) is 3. The van der Waals surface area contributed by atoms with E-state index in [0.717, 1.165) is 22.0 Å². The highest BCUT2D eigenvalue weighted by Gasteiger charge is 2.14. The van der Waals surface area contributed by atoms with Gasteiger partial charge in [0.25, 0.3) is 5.91 Å². The van der Waals surface area contributed by atoms with Crippen LogP contribution in [0.5, 0.6) is 0 Å². The quantitative estimate of drug-likeness (QED) is 0.683. The van der Waals surface area contributed by atoms with E-state index in [2.05, 4.69) is 38.3 Å². The molecule has 1 atom stereocenters. The van der Waals surface area contributed by atoms with E-state index in [-0.39, 0.29) is 11.9 Å². The Labute approximate surface area is 155 Å². The molecule has 2 aromatic carbocycles. The first-order valence-corrected chi connectivity index (χ1v) is 8.92. The molecule has 5 nitrogen and oxygen atoms in total. The first-order valence-electron chi connectivity index (χ1n) is 8.13. The fourth-order valence-corrected chi connectivity index (χ4v) is 2.89. The number of benzene rings is 2. The van der Waals surface area contributed by atoms with E-state index in [1.165, 1.54) is 6.33 Å². The van der Waals surface area contributed by atoms with Crippen molar-refractivity contribution in [2.24, 2.45) is 0 Å². The van der Waals surface area contributed by atoms with Gasteiger partial charge in [-0.1, -0.05) is 47.1 Å². The molecule has 0 fully saturated rings. The molecule has 1 aromatic heterocycles. The summed E-state index contributed by atoms with van der Waals surface area (Å²) in [6.45, 7) is 2.70. The predicted octanol–water partition coefficient (Wildman–Crippen LogP) is 3.97. The minimum Gasteiger partial charge on any atom is -0.345 e. The van der Waals surface area contributed by atoms with Gasteiger partial charge in [-0.3, -0.25) is 4.79 Å². The number of carbonyl (C=O) groups excluding carboxylic acids is 1. The van der Waals surface area contributed by atoms with Gasteiger partial charge in [0, 0.05) is 10.0 Å². The SMILES string of the molecule is CCC(NC(=O)c1ccc(Cn2cncn2)cc1)c1ccc(Br)cc1. The molecular formula is C19H19BrN4O. The first kappa shape index (κ1) is 17.4. The van der Waals surface area contributed by atoms with E-state index in [1.807, 2.05) is 48.5 Å². The lowest BCUT2D eigenvalue weighted by molar-refractivity contribution is 0.0935. The van der Waals surface area contributed by atoms with Crippen LogP contribution in [0.3, 0.4) is 0 Å². The number of hydrogen-bond acceptors (Lipinski definition) is 3. The molecule has 1 heterocycles. The standard InChI is InChI=1S/C19H19BrN4O/c1-2-18(15-7-9-17(20)10-8-15)23-19(25)16-5-3-14(4-6-16)11-24-13-21-12-22-24/h3-10,12-13,18H,2,11H2,1H3,(H,23,25). The number of carbonyl (C=O) groups is 1. The Bertz CT molecular complexity index is 814. The van der Waals surface area contributed by atoms with Crippen molar-refractivity contribution in [3.8, 4) is 0 Å². The lowest BCUT2D eigenvalue weighted by Crippen LogP contribution is -2.28. The minimum absolute atomic E-state index is 0.00424. The van der Waals surface area contributed by atoms with Gasteiger partial charge in [-0.15, -0.1) is 0 Å². The highest BCUT2D eigenvalue weighted by molar-refractivity contribution is 9.10. The smallest absolute Gasteiger partial charge is 0.251 e. The van der Waals surface area contributed by atoms with Crippen molar-refractivity contribution >= 4 is 21.8 Å². The topological polar surface area (TPSA) is 59.8 Å². The van der Waals surface area contributed by atoms with E-state index in [9.17, 15) is 4.79 Å². The van der Waals surface area contributed by atoms with Crippen LogP contribution >= 0.6 is 15.9 Å². The van der Waals surface area contributed by atoms with Crippen LogP contribution in [0.25, 0.3) is 0 Å². The first-order chi connectivity index (χ1) is 12.2. The average molecular weight is 399 g/mol. The van der Waals surface area contributed by atoms with Crippen molar-refractivity contribution in [2.45, 2.75) is 25.9 Å². The lowest BCUT2D eigenvalue weighted by Gasteiger charge is -2.18. The fourth-order valence-electron chi connectivity index (χ4n) is 2.62. The number of aromatic nitrogens is 3. The van der Waals surface area contributed by atoms with Crippen molar-refractivity contribution < 1.29 is 4.79 Å². The van der Waals surface area contributed by atoms with Crippen LogP contribution in [0.15, 0.2) is 65.7 Å². The summed E-state index contributed by atoms with van der Waals surface area (Å²) in [6, 6.07) is 15.6.